The lowest BCUT2D eigenvalue weighted by molar-refractivity contribution is 0.0736. The van der Waals surface area contributed by atoms with E-state index >= 15 is 0 Å². The molecule has 1 aromatic heterocycles. The third kappa shape index (κ3) is 3.52. The summed E-state index contributed by atoms with van der Waals surface area (Å²) in [6.45, 7) is 4.03. The molecule has 1 amide bonds. The van der Waals surface area contributed by atoms with Gasteiger partial charge in [-0.05, 0) is 37.1 Å². The summed E-state index contributed by atoms with van der Waals surface area (Å²) >= 11 is 0. The largest absolute Gasteiger partial charge is 0.334 e. The van der Waals surface area contributed by atoms with Crippen LogP contribution in [0.25, 0.3) is 10.8 Å². The first kappa shape index (κ1) is 19.7. The molecule has 1 heterocycles. The maximum atomic E-state index is 13.6. The number of hydrogen-bond acceptors (Lipinski definition) is 3. The van der Waals surface area contributed by atoms with Crippen molar-refractivity contribution in [2.24, 2.45) is 0 Å². The van der Waals surface area contributed by atoms with Crippen LogP contribution in [0, 0.1) is 11.6 Å². The number of fused-ring (bicyclic) bond motifs is 1. The smallest absolute Gasteiger partial charge is 0.275 e. The van der Waals surface area contributed by atoms with Crippen molar-refractivity contribution < 1.29 is 13.6 Å². The van der Waals surface area contributed by atoms with E-state index < -0.39 is 23.6 Å². The van der Waals surface area contributed by atoms with Crippen molar-refractivity contribution in [1.29, 1.82) is 0 Å². The molecule has 5 nitrogen and oxygen atoms in total. The van der Waals surface area contributed by atoms with Crippen molar-refractivity contribution in [2.75, 3.05) is 7.05 Å². The number of amides is 1. The summed E-state index contributed by atoms with van der Waals surface area (Å²) in [7, 11) is 1.57. The molecular weight excluding hydrogens is 364 g/mol. The fraction of sp³-hybridized carbons (Fsp3) is 0.286. The average molecular weight is 385 g/mol. The Labute approximate surface area is 161 Å². The summed E-state index contributed by atoms with van der Waals surface area (Å²) in [5.74, 6) is -2.31. The van der Waals surface area contributed by atoms with Gasteiger partial charge in [0.25, 0.3) is 11.5 Å². The van der Waals surface area contributed by atoms with Crippen LogP contribution in [0.3, 0.4) is 0 Å². The number of aromatic nitrogens is 2. The maximum Gasteiger partial charge on any atom is 0.275 e. The lowest BCUT2D eigenvalue weighted by Crippen LogP contribution is -2.33. The molecule has 0 saturated carbocycles. The molecule has 0 spiro atoms. The minimum absolute atomic E-state index is 0.153. The van der Waals surface area contributed by atoms with Gasteiger partial charge in [-0.15, -0.1) is 0 Å². The van der Waals surface area contributed by atoms with E-state index in [4.69, 9.17) is 0 Å². The molecule has 0 unspecified atom stereocenters. The van der Waals surface area contributed by atoms with Crippen LogP contribution in [0.15, 0.2) is 47.3 Å². The Morgan fingerprint density at radius 3 is 2.46 bits per heavy atom. The van der Waals surface area contributed by atoms with E-state index in [-0.39, 0.29) is 11.3 Å². The van der Waals surface area contributed by atoms with E-state index in [2.05, 4.69) is 5.10 Å². The molecule has 3 aromatic rings. The Morgan fingerprint density at radius 1 is 1.14 bits per heavy atom. The van der Waals surface area contributed by atoms with Gasteiger partial charge >= 0.3 is 0 Å². The number of halogens is 2. The predicted octanol–water partition coefficient (Wildman–Crippen LogP) is 3.92. The molecule has 2 aromatic carbocycles. The topological polar surface area (TPSA) is 55.2 Å². The summed E-state index contributed by atoms with van der Waals surface area (Å²) < 4.78 is 28.1. The standard InChI is InChI=1S/C21H21F2N3O2/c1-4-11-26-20(27)16-8-6-5-7-15(16)19(24-26)21(28)25(3)13(2)14-9-10-17(22)18(23)12-14/h5-10,12-13H,4,11H2,1-3H3/t13-/m1/s1. The van der Waals surface area contributed by atoms with Crippen LogP contribution in [-0.4, -0.2) is 27.6 Å². The second-order valence-corrected chi connectivity index (χ2v) is 6.69. The Hall–Kier alpha value is -3.09. The van der Waals surface area contributed by atoms with Crippen LogP contribution in [0.5, 0.6) is 0 Å². The van der Waals surface area contributed by atoms with Crippen molar-refractivity contribution >= 4 is 16.7 Å². The van der Waals surface area contributed by atoms with Gasteiger partial charge < -0.3 is 4.90 Å². The normalized spacial score (nSPS) is 12.2. The molecule has 0 aliphatic carbocycles. The molecule has 0 saturated heterocycles. The van der Waals surface area contributed by atoms with Crippen LogP contribution in [0.4, 0.5) is 8.78 Å². The van der Waals surface area contributed by atoms with Gasteiger partial charge in [-0.25, -0.2) is 13.5 Å². The minimum atomic E-state index is -0.967. The highest BCUT2D eigenvalue weighted by Gasteiger charge is 2.24. The maximum absolute atomic E-state index is 13.6. The summed E-state index contributed by atoms with van der Waals surface area (Å²) in [4.78, 5) is 27.2. The van der Waals surface area contributed by atoms with E-state index in [0.29, 0.717) is 29.3 Å². The number of carbonyl (C=O) groups excluding carboxylic acids is 1. The van der Waals surface area contributed by atoms with Gasteiger partial charge in [-0.1, -0.05) is 31.2 Å². The third-order valence-corrected chi connectivity index (χ3v) is 4.83. The van der Waals surface area contributed by atoms with Gasteiger partial charge in [-0.2, -0.15) is 5.10 Å². The number of nitrogens with zero attached hydrogens (tertiary/aromatic N) is 3. The zero-order valence-electron chi connectivity index (χ0n) is 15.9. The Bertz CT molecular complexity index is 1090. The molecular formula is C21H21F2N3O2. The Kier molecular flexibility index (Phi) is 5.53. The fourth-order valence-corrected chi connectivity index (χ4v) is 3.10. The van der Waals surface area contributed by atoms with Gasteiger partial charge in [0.15, 0.2) is 17.3 Å². The number of hydrogen-bond donors (Lipinski definition) is 0. The summed E-state index contributed by atoms with van der Waals surface area (Å²) in [6.07, 6.45) is 0.694. The highest BCUT2D eigenvalue weighted by atomic mass is 19.2. The molecule has 0 radical (unpaired) electrons. The summed E-state index contributed by atoms with van der Waals surface area (Å²) in [5, 5.41) is 5.18. The molecule has 0 aliphatic rings. The number of rotatable bonds is 5. The molecule has 7 heteroatoms. The number of aryl methyl sites for hydroxylation is 1. The summed E-state index contributed by atoms with van der Waals surface area (Å²) in [6, 6.07) is 9.86. The van der Waals surface area contributed by atoms with Crippen molar-refractivity contribution in [1.82, 2.24) is 14.7 Å². The highest BCUT2D eigenvalue weighted by Crippen LogP contribution is 2.24. The van der Waals surface area contributed by atoms with Crippen molar-refractivity contribution in [3.63, 3.8) is 0 Å². The lowest BCUT2D eigenvalue weighted by Gasteiger charge is -2.25. The van der Waals surface area contributed by atoms with Crippen molar-refractivity contribution in [2.45, 2.75) is 32.9 Å². The van der Waals surface area contributed by atoms with Crippen LogP contribution in [0.2, 0.25) is 0 Å². The van der Waals surface area contributed by atoms with Gasteiger partial charge in [-0.3, -0.25) is 9.59 Å². The van der Waals surface area contributed by atoms with E-state index in [1.165, 1.54) is 15.6 Å². The molecule has 0 fully saturated rings. The van der Waals surface area contributed by atoms with Crippen LogP contribution >= 0.6 is 0 Å². The van der Waals surface area contributed by atoms with Gasteiger partial charge in [0.2, 0.25) is 0 Å². The van der Waals surface area contributed by atoms with Crippen LogP contribution in [0.1, 0.15) is 42.4 Å². The zero-order valence-corrected chi connectivity index (χ0v) is 15.9. The molecule has 0 aliphatic heterocycles. The van der Waals surface area contributed by atoms with Gasteiger partial charge in [0, 0.05) is 19.0 Å². The van der Waals surface area contributed by atoms with Crippen molar-refractivity contribution in [3.8, 4) is 0 Å². The average Bonchev–Trinajstić information content (AvgIpc) is 2.70. The van der Waals surface area contributed by atoms with Gasteiger partial charge in [0.1, 0.15) is 0 Å². The highest BCUT2D eigenvalue weighted by molar-refractivity contribution is 6.04. The number of benzene rings is 2. The van der Waals surface area contributed by atoms with Crippen LogP contribution < -0.4 is 5.56 Å². The summed E-state index contributed by atoms with van der Waals surface area (Å²) in [5.41, 5.74) is 0.367. The lowest BCUT2D eigenvalue weighted by atomic mass is 10.1. The fourth-order valence-electron chi connectivity index (χ4n) is 3.10. The quantitative estimate of drug-likeness (QED) is 0.669. The second-order valence-electron chi connectivity index (χ2n) is 6.69. The second kappa shape index (κ2) is 7.88. The molecule has 146 valence electrons. The third-order valence-electron chi connectivity index (χ3n) is 4.83. The first-order valence-corrected chi connectivity index (χ1v) is 9.07. The Morgan fingerprint density at radius 2 is 1.82 bits per heavy atom. The van der Waals surface area contributed by atoms with E-state index in [0.717, 1.165) is 12.1 Å². The first-order chi connectivity index (χ1) is 13.3. The first-order valence-electron chi connectivity index (χ1n) is 9.07. The molecule has 28 heavy (non-hydrogen) atoms. The molecule has 0 bridgehead atoms. The predicted molar refractivity (Wildman–Crippen MR) is 103 cm³/mol. The minimum Gasteiger partial charge on any atom is -0.334 e. The SMILES string of the molecule is CCCn1nc(C(=O)N(C)[C@H](C)c2ccc(F)c(F)c2)c2ccccc2c1=O. The number of carbonyl (C=O) groups is 1. The zero-order chi connectivity index (χ0) is 20.4. The van der Waals surface area contributed by atoms with Crippen molar-refractivity contribution in [3.05, 3.63) is 75.7 Å². The molecule has 0 N–H and O–H groups in total. The van der Waals surface area contributed by atoms with Gasteiger partial charge in [0.05, 0.1) is 11.4 Å². The Balaban J connectivity index is 2.05. The molecule has 3 rings (SSSR count). The monoisotopic (exact) mass is 385 g/mol. The van der Waals surface area contributed by atoms with E-state index in [1.807, 2.05) is 6.92 Å². The van der Waals surface area contributed by atoms with Crippen LogP contribution in [-0.2, 0) is 6.54 Å². The van der Waals surface area contributed by atoms with E-state index in [9.17, 15) is 18.4 Å². The molecule has 1 atom stereocenters. The van der Waals surface area contributed by atoms with E-state index in [1.54, 1.807) is 38.2 Å².